The molecule has 2 aromatic carbocycles. The first-order chi connectivity index (χ1) is 19.5. The van der Waals surface area contributed by atoms with E-state index < -0.39 is 79.2 Å². The van der Waals surface area contributed by atoms with E-state index in [-0.39, 0.29) is 28.2 Å². The smallest absolute Gasteiger partial charge is 0.229 e. The van der Waals surface area contributed by atoms with Crippen LogP contribution in [0.4, 0.5) is 0 Å². The van der Waals surface area contributed by atoms with Crippen LogP contribution in [0, 0.1) is 0 Å². The van der Waals surface area contributed by atoms with Crippen molar-refractivity contribution in [2.24, 2.45) is 0 Å². The molecule has 0 amide bonds. The van der Waals surface area contributed by atoms with Gasteiger partial charge in [0.05, 0.1) is 12.7 Å². The Labute approximate surface area is 231 Å². The molecule has 3 aromatic rings. The van der Waals surface area contributed by atoms with Crippen LogP contribution in [0.5, 0.6) is 17.2 Å². The van der Waals surface area contributed by atoms with Gasteiger partial charge in [0, 0.05) is 23.8 Å². The van der Waals surface area contributed by atoms with E-state index >= 15 is 0 Å². The molecule has 14 nitrogen and oxygen atoms in total. The van der Waals surface area contributed by atoms with Gasteiger partial charge in [-0.25, -0.2) is 0 Å². The van der Waals surface area contributed by atoms with E-state index in [0.29, 0.717) is 5.56 Å². The summed E-state index contributed by atoms with van der Waals surface area (Å²) in [5.41, 5.74) is -0.142. The zero-order chi connectivity index (χ0) is 29.6. The van der Waals surface area contributed by atoms with Crippen LogP contribution in [-0.4, -0.2) is 109 Å². The summed E-state index contributed by atoms with van der Waals surface area (Å²) in [5, 5.41) is 81.2. The second-order valence-corrected chi connectivity index (χ2v) is 9.94. The highest BCUT2D eigenvalue weighted by Gasteiger charge is 2.50. The Hall–Kier alpha value is -3.31. The maximum absolute atomic E-state index is 12.8. The lowest BCUT2D eigenvalue weighted by atomic mass is 9.97. The summed E-state index contributed by atoms with van der Waals surface area (Å²) < 4.78 is 28.4. The number of aliphatic hydroxyl groups is 6. The van der Waals surface area contributed by atoms with Crippen LogP contribution < -0.4 is 10.2 Å². The van der Waals surface area contributed by atoms with Crippen LogP contribution in [0.3, 0.4) is 0 Å². The summed E-state index contributed by atoms with van der Waals surface area (Å²) >= 11 is 0. The van der Waals surface area contributed by atoms with Crippen LogP contribution in [0.1, 0.15) is 6.92 Å². The van der Waals surface area contributed by atoms with E-state index in [4.69, 9.17) is 23.4 Å². The van der Waals surface area contributed by atoms with E-state index in [1.54, 1.807) is 0 Å². The predicted molar refractivity (Wildman–Crippen MR) is 137 cm³/mol. The van der Waals surface area contributed by atoms with Crippen molar-refractivity contribution in [1.29, 1.82) is 0 Å². The molecule has 222 valence electrons. The molecular formula is C27H30O14. The highest BCUT2D eigenvalue weighted by Crippen LogP contribution is 2.35. The second-order valence-electron chi connectivity index (χ2n) is 9.94. The lowest BCUT2D eigenvalue weighted by Gasteiger charge is -2.45. The number of hydrogen-bond acceptors (Lipinski definition) is 14. The van der Waals surface area contributed by atoms with Crippen molar-refractivity contribution >= 4 is 11.0 Å². The lowest BCUT2D eigenvalue weighted by Crippen LogP contribution is -2.64. The fourth-order valence-corrected chi connectivity index (χ4v) is 4.79. The Morgan fingerprint density at radius 3 is 2.22 bits per heavy atom. The number of fused-ring (bicyclic) bond motifs is 1. The molecule has 1 aromatic heterocycles. The lowest BCUT2D eigenvalue weighted by molar-refractivity contribution is -0.355. The molecule has 0 spiro atoms. The van der Waals surface area contributed by atoms with Gasteiger partial charge in [-0.15, -0.1) is 0 Å². The summed E-state index contributed by atoms with van der Waals surface area (Å²) in [6.07, 6.45) is -15.4. The molecule has 14 heteroatoms. The highest BCUT2D eigenvalue weighted by molar-refractivity contribution is 5.86. The number of aromatic hydroxyl groups is 2. The number of aliphatic hydroxyl groups excluding tert-OH is 6. The van der Waals surface area contributed by atoms with Gasteiger partial charge in [-0.1, -0.05) is 0 Å². The molecule has 3 heterocycles. The van der Waals surface area contributed by atoms with Crippen LogP contribution in [0.25, 0.3) is 22.3 Å². The van der Waals surface area contributed by atoms with Crippen molar-refractivity contribution in [3.63, 3.8) is 0 Å². The van der Waals surface area contributed by atoms with Gasteiger partial charge in [-0.05, 0) is 31.2 Å². The van der Waals surface area contributed by atoms with E-state index in [2.05, 4.69) is 0 Å². The first-order valence-corrected chi connectivity index (χ1v) is 12.7. The molecule has 0 saturated carbocycles. The molecule has 2 fully saturated rings. The Morgan fingerprint density at radius 1 is 0.829 bits per heavy atom. The molecule has 5 rings (SSSR count). The van der Waals surface area contributed by atoms with Crippen molar-refractivity contribution < 1.29 is 64.2 Å². The Bertz CT molecular complexity index is 1420. The summed E-state index contributed by atoms with van der Waals surface area (Å²) in [6, 6.07) is 9.46. The van der Waals surface area contributed by atoms with Crippen molar-refractivity contribution in [2.75, 3.05) is 6.61 Å². The normalized spacial score (nSPS) is 34.0. The topological polar surface area (TPSA) is 229 Å². The van der Waals surface area contributed by atoms with Crippen LogP contribution in [-0.2, 0) is 14.2 Å². The van der Waals surface area contributed by atoms with E-state index in [9.17, 15) is 45.6 Å². The van der Waals surface area contributed by atoms with Crippen LogP contribution in [0.15, 0.2) is 51.7 Å². The molecule has 0 radical (unpaired) electrons. The van der Waals surface area contributed by atoms with E-state index in [1.165, 1.54) is 43.3 Å². The molecule has 2 saturated heterocycles. The van der Waals surface area contributed by atoms with E-state index in [0.717, 1.165) is 6.07 Å². The number of phenols is 2. The molecule has 8 N–H and O–H groups in total. The number of phenolic OH excluding ortho intramolecular Hbond substituents is 2. The third-order valence-electron chi connectivity index (χ3n) is 7.11. The van der Waals surface area contributed by atoms with Crippen molar-refractivity contribution in [3.8, 4) is 28.6 Å². The molecule has 0 aliphatic carbocycles. The molecule has 2 aliphatic rings. The SMILES string of the molecule is C[C@H]1OC(Oc2cc(O)c3c(=O)cc(-c4ccc(O)cc4)oc3c2)[C@@H](OC2O[C@H](CO)[C@@H](O)[C@H](O)[C@H]2O)[C@@H](O)[C@@H]1O. The number of rotatable bonds is 6. The minimum atomic E-state index is -1.81. The maximum Gasteiger partial charge on any atom is 0.229 e. The largest absolute Gasteiger partial charge is 0.508 e. The fraction of sp³-hybridized carbons (Fsp3) is 0.444. The summed E-state index contributed by atoms with van der Waals surface area (Å²) in [6.45, 7) is 0.733. The number of hydrogen-bond donors (Lipinski definition) is 8. The Morgan fingerprint density at radius 2 is 1.54 bits per heavy atom. The average molecular weight is 579 g/mol. The molecule has 2 unspecified atom stereocenters. The van der Waals surface area contributed by atoms with Crippen molar-refractivity contribution in [1.82, 2.24) is 0 Å². The minimum absolute atomic E-state index is 0.0136. The summed E-state index contributed by atoms with van der Waals surface area (Å²) in [7, 11) is 0. The fourth-order valence-electron chi connectivity index (χ4n) is 4.79. The highest BCUT2D eigenvalue weighted by atomic mass is 16.8. The van der Waals surface area contributed by atoms with Gasteiger partial charge >= 0.3 is 0 Å². The monoisotopic (exact) mass is 578 g/mol. The van der Waals surface area contributed by atoms with Crippen LogP contribution in [0.2, 0.25) is 0 Å². The first kappa shape index (κ1) is 29.2. The Balaban J connectivity index is 1.46. The second kappa shape index (κ2) is 11.5. The van der Waals surface area contributed by atoms with Gasteiger partial charge in [0.15, 0.2) is 17.8 Å². The molecule has 0 bridgehead atoms. The van der Waals surface area contributed by atoms with Gasteiger partial charge in [-0.3, -0.25) is 4.79 Å². The molecule has 2 aliphatic heterocycles. The maximum atomic E-state index is 12.8. The predicted octanol–water partition coefficient (Wildman–Crippen LogP) is -1.10. The number of benzene rings is 2. The van der Waals surface area contributed by atoms with Gasteiger partial charge < -0.3 is 64.2 Å². The molecular weight excluding hydrogens is 548 g/mol. The zero-order valence-electron chi connectivity index (χ0n) is 21.5. The van der Waals surface area contributed by atoms with Crippen LogP contribution >= 0.6 is 0 Å². The van der Waals surface area contributed by atoms with Crippen molar-refractivity contribution in [3.05, 3.63) is 52.7 Å². The minimum Gasteiger partial charge on any atom is -0.508 e. The summed E-state index contributed by atoms with van der Waals surface area (Å²) in [4.78, 5) is 12.8. The third-order valence-corrected chi connectivity index (χ3v) is 7.11. The van der Waals surface area contributed by atoms with Gasteiger partial charge in [0.25, 0.3) is 0 Å². The number of ether oxygens (including phenoxy) is 4. The van der Waals surface area contributed by atoms with Gasteiger partial charge in [0.2, 0.25) is 6.29 Å². The van der Waals surface area contributed by atoms with Crippen molar-refractivity contribution in [2.45, 2.75) is 68.3 Å². The average Bonchev–Trinajstić information content (AvgIpc) is 2.93. The molecule has 10 atom stereocenters. The zero-order valence-corrected chi connectivity index (χ0v) is 21.5. The molecule has 41 heavy (non-hydrogen) atoms. The first-order valence-electron chi connectivity index (χ1n) is 12.7. The third kappa shape index (κ3) is 5.61. The van der Waals surface area contributed by atoms with E-state index in [1.807, 2.05) is 0 Å². The van der Waals surface area contributed by atoms with Gasteiger partial charge in [-0.2, -0.15) is 0 Å². The van der Waals surface area contributed by atoms with Gasteiger partial charge in [0.1, 0.15) is 70.6 Å². The quantitative estimate of drug-likeness (QED) is 0.174. The Kier molecular flexibility index (Phi) is 8.20. The summed E-state index contributed by atoms with van der Waals surface area (Å²) in [5.74, 6) is -0.424. The standard InChI is InChI=1S/C27H30O14/c1-10-20(32)23(35)25(41-26-24(36)22(34)21(33)18(9-28)40-26)27(37-10)38-13-6-14(30)19-15(31)8-16(39-17(19)7-13)11-2-4-12(29)5-3-11/h2-8,10,18,20-30,32-36H,9H2,1H3/t10-,18-,20-,21-,22+,23+,24-,25+,26?,27?/m1/s1.